The van der Waals surface area contributed by atoms with E-state index in [0.29, 0.717) is 22.3 Å². The number of aliphatic hydroxyl groups excluding tert-OH is 2. The molecule has 4 aromatic carbocycles. The van der Waals surface area contributed by atoms with Gasteiger partial charge < -0.3 is 10.2 Å². The van der Waals surface area contributed by atoms with E-state index >= 15 is 0 Å². The van der Waals surface area contributed by atoms with Gasteiger partial charge in [-0.2, -0.15) is 0 Å². The van der Waals surface area contributed by atoms with Gasteiger partial charge in [-0.3, -0.25) is 9.59 Å². The minimum Gasteiger partial charge on any atom is -0.507 e. The van der Waals surface area contributed by atoms with Gasteiger partial charge in [0.15, 0.2) is 11.6 Å². The normalized spacial score (nSPS) is 10.9. The van der Waals surface area contributed by atoms with Gasteiger partial charge in [-0.05, 0) is 0 Å². The molecule has 0 fully saturated rings. The van der Waals surface area contributed by atoms with Crippen molar-refractivity contribution in [2.24, 2.45) is 0 Å². The van der Waals surface area contributed by atoms with E-state index in [1.165, 1.54) is 12.2 Å². The molecule has 0 aromatic heterocycles. The zero-order valence-electron chi connectivity index (χ0n) is 18.7. The number of benzene rings is 4. The Balaban J connectivity index is 0.000000240. The third-order valence-electron chi connectivity index (χ3n) is 4.79. The number of carbonyl (C=O) groups excluding carboxylic acids is 2. The molecule has 35 heavy (non-hydrogen) atoms. The molecule has 0 saturated heterocycles. The van der Waals surface area contributed by atoms with Gasteiger partial charge in [0.1, 0.15) is 11.5 Å². The molecule has 0 aliphatic rings. The molecule has 0 unspecified atom stereocenters. The average Bonchev–Trinajstić information content (AvgIpc) is 2.91. The standard InChI is InChI=1S/2C15H12O2.Cu/c2*16-14(12-7-3-1-4-8-12)11-15(17)13-9-5-2-6-10-13;/h2*1-11,16H;/b2*14-11-;. The number of hydrogen-bond donors (Lipinski definition) is 2. The number of hydrogen-bond acceptors (Lipinski definition) is 4. The van der Waals surface area contributed by atoms with E-state index in [1.807, 2.05) is 48.5 Å². The maximum absolute atomic E-state index is 11.8. The van der Waals surface area contributed by atoms with E-state index in [2.05, 4.69) is 0 Å². The quantitative estimate of drug-likeness (QED) is 0.127. The molecular weight excluding hydrogens is 488 g/mol. The van der Waals surface area contributed by atoms with Gasteiger partial charge in [-0.25, -0.2) is 0 Å². The Morgan fingerprint density at radius 3 is 0.914 bits per heavy atom. The van der Waals surface area contributed by atoms with Crippen molar-refractivity contribution in [1.82, 2.24) is 0 Å². The van der Waals surface area contributed by atoms with Crippen LogP contribution in [-0.2, 0) is 17.1 Å². The van der Waals surface area contributed by atoms with Crippen LogP contribution in [0.3, 0.4) is 0 Å². The zero-order chi connectivity index (χ0) is 24.2. The third-order valence-corrected chi connectivity index (χ3v) is 4.79. The molecule has 0 saturated carbocycles. The van der Waals surface area contributed by atoms with E-state index < -0.39 is 0 Å². The smallest absolute Gasteiger partial charge is 0.189 e. The second-order valence-corrected chi connectivity index (χ2v) is 7.25. The summed E-state index contributed by atoms with van der Waals surface area (Å²) in [6.07, 6.45) is 2.48. The Hall–Kier alpha value is -4.18. The molecule has 0 aliphatic carbocycles. The van der Waals surface area contributed by atoms with Crippen molar-refractivity contribution in [3.8, 4) is 0 Å². The van der Waals surface area contributed by atoms with Gasteiger partial charge in [0.05, 0.1) is 0 Å². The molecule has 0 aliphatic heterocycles. The fourth-order valence-corrected chi connectivity index (χ4v) is 3.00. The Bertz CT molecular complexity index is 1160. The maximum atomic E-state index is 11.8. The number of rotatable bonds is 6. The summed E-state index contributed by atoms with van der Waals surface area (Å²) in [6, 6.07) is 35.7. The minimum absolute atomic E-state index is 0. The molecule has 4 aromatic rings. The van der Waals surface area contributed by atoms with Crippen LogP contribution in [-0.4, -0.2) is 21.8 Å². The molecule has 1 radical (unpaired) electrons. The molecule has 4 nitrogen and oxygen atoms in total. The largest absolute Gasteiger partial charge is 0.507 e. The van der Waals surface area contributed by atoms with Crippen LogP contribution >= 0.6 is 0 Å². The summed E-state index contributed by atoms with van der Waals surface area (Å²) in [4.78, 5) is 23.6. The first-order valence-electron chi connectivity index (χ1n) is 10.7. The predicted octanol–water partition coefficient (Wildman–Crippen LogP) is 6.93. The maximum Gasteiger partial charge on any atom is 0.189 e. The third kappa shape index (κ3) is 8.59. The fourth-order valence-electron chi connectivity index (χ4n) is 3.00. The van der Waals surface area contributed by atoms with E-state index in [4.69, 9.17) is 0 Å². The fraction of sp³-hybridized carbons (Fsp3) is 0. The summed E-state index contributed by atoms with van der Waals surface area (Å²) >= 11 is 0. The van der Waals surface area contributed by atoms with Crippen molar-refractivity contribution in [3.63, 3.8) is 0 Å². The molecular formula is C30H24CuO4. The number of allylic oxidation sites excluding steroid dienone is 2. The first-order valence-corrected chi connectivity index (χ1v) is 10.7. The van der Waals surface area contributed by atoms with Crippen LogP contribution in [0.4, 0.5) is 0 Å². The molecule has 0 heterocycles. The summed E-state index contributed by atoms with van der Waals surface area (Å²) < 4.78 is 0. The molecule has 5 heteroatoms. The summed E-state index contributed by atoms with van der Waals surface area (Å²) in [6.45, 7) is 0. The SMILES string of the molecule is O=C(/C=C(\O)c1ccccc1)c1ccccc1.O=C(/C=C(\O)c1ccccc1)c1ccccc1.[Cu]. The molecule has 0 amide bonds. The Morgan fingerprint density at radius 1 is 0.429 bits per heavy atom. The first kappa shape index (κ1) is 27.1. The van der Waals surface area contributed by atoms with E-state index in [9.17, 15) is 19.8 Å². The van der Waals surface area contributed by atoms with Crippen molar-refractivity contribution in [3.05, 3.63) is 156 Å². The van der Waals surface area contributed by atoms with Crippen LogP contribution < -0.4 is 0 Å². The monoisotopic (exact) mass is 511 g/mol. The van der Waals surface area contributed by atoms with Crippen molar-refractivity contribution >= 4 is 23.1 Å². The van der Waals surface area contributed by atoms with Crippen LogP contribution in [0.5, 0.6) is 0 Å². The number of carbonyl (C=O) groups is 2. The number of aliphatic hydroxyl groups is 2. The van der Waals surface area contributed by atoms with Gasteiger partial charge >= 0.3 is 0 Å². The molecule has 179 valence electrons. The van der Waals surface area contributed by atoms with Gasteiger partial charge in [0.2, 0.25) is 0 Å². The van der Waals surface area contributed by atoms with Gasteiger partial charge in [0, 0.05) is 51.5 Å². The number of ketones is 2. The first-order chi connectivity index (χ1) is 16.5. The molecule has 0 atom stereocenters. The zero-order valence-corrected chi connectivity index (χ0v) is 19.7. The second kappa shape index (κ2) is 14.2. The Kier molecular flexibility index (Phi) is 11.0. The van der Waals surface area contributed by atoms with Crippen molar-refractivity contribution in [2.75, 3.05) is 0 Å². The summed E-state index contributed by atoms with van der Waals surface area (Å²) in [5.74, 6) is -0.433. The Labute approximate surface area is 215 Å². The van der Waals surface area contributed by atoms with E-state index in [0.717, 1.165) is 0 Å². The van der Waals surface area contributed by atoms with Crippen LogP contribution in [0.15, 0.2) is 133 Å². The van der Waals surface area contributed by atoms with Crippen LogP contribution in [0.2, 0.25) is 0 Å². The summed E-state index contributed by atoms with van der Waals surface area (Å²) in [5, 5.41) is 19.6. The molecule has 2 N–H and O–H groups in total. The van der Waals surface area contributed by atoms with Crippen molar-refractivity contribution in [2.45, 2.75) is 0 Å². The predicted molar refractivity (Wildman–Crippen MR) is 136 cm³/mol. The van der Waals surface area contributed by atoms with Gasteiger partial charge in [-0.15, -0.1) is 0 Å². The second-order valence-electron chi connectivity index (χ2n) is 7.25. The van der Waals surface area contributed by atoms with Crippen LogP contribution in [0.1, 0.15) is 31.8 Å². The van der Waals surface area contributed by atoms with Gasteiger partial charge in [-0.1, -0.05) is 121 Å². The summed E-state index contributed by atoms with van der Waals surface area (Å²) in [5.41, 5.74) is 2.40. The average molecular weight is 512 g/mol. The topological polar surface area (TPSA) is 74.6 Å². The molecule has 0 bridgehead atoms. The van der Waals surface area contributed by atoms with E-state index in [1.54, 1.807) is 72.8 Å². The van der Waals surface area contributed by atoms with Crippen molar-refractivity contribution < 1.29 is 36.9 Å². The van der Waals surface area contributed by atoms with E-state index in [-0.39, 0.29) is 40.2 Å². The van der Waals surface area contributed by atoms with Crippen LogP contribution in [0.25, 0.3) is 11.5 Å². The molecule has 4 rings (SSSR count). The van der Waals surface area contributed by atoms with Crippen molar-refractivity contribution in [1.29, 1.82) is 0 Å². The minimum atomic E-state index is -0.202. The summed E-state index contributed by atoms with van der Waals surface area (Å²) in [7, 11) is 0. The molecule has 0 spiro atoms. The van der Waals surface area contributed by atoms with Gasteiger partial charge in [0.25, 0.3) is 0 Å². The van der Waals surface area contributed by atoms with Crippen LogP contribution in [0, 0.1) is 0 Å². The Morgan fingerprint density at radius 2 is 0.657 bits per heavy atom.